The highest BCUT2D eigenvalue weighted by Gasteiger charge is 2.58. The summed E-state index contributed by atoms with van der Waals surface area (Å²) < 4.78 is 63.9. The van der Waals surface area contributed by atoms with Crippen molar-refractivity contribution in [3.8, 4) is 5.75 Å². The summed E-state index contributed by atoms with van der Waals surface area (Å²) in [7, 11) is 0. The van der Waals surface area contributed by atoms with Gasteiger partial charge in [-0.1, -0.05) is 0 Å². The average Bonchev–Trinajstić information content (AvgIpc) is 2.15. The molecule has 0 spiro atoms. The number of halogens is 5. The van der Waals surface area contributed by atoms with Gasteiger partial charge in [0.05, 0.1) is 0 Å². The summed E-state index contributed by atoms with van der Waals surface area (Å²) >= 11 is 0. The molecule has 15 heavy (non-hydrogen) atoms. The maximum Gasteiger partial charge on any atom is 0.456 e. The zero-order valence-corrected chi connectivity index (χ0v) is 7.18. The second-order valence-electron chi connectivity index (χ2n) is 2.60. The molecule has 0 bridgehead atoms. The van der Waals surface area contributed by atoms with E-state index < -0.39 is 18.7 Å². The van der Waals surface area contributed by atoms with E-state index in [-0.39, 0.29) is 5.75 Å². The molecular formula is C8H5F5NO. The van der Waals surface area contributed by atoms with E-state index in [2.05, 4.69) is 15.9 Å². The average molecular weight is 226 g/mol. The van der Waals surface area contributed by atoms with Gasteiger partial charge < -0.3 is 4.74 Å². The number of ether oxygens (including phenoxy) is 1. The lowest BCUT2D eigenvalue weighted by Gasteiger charge is -2.19. The van der Waals surface area contributed by atoms with Gasteiger partial charge in [-0.2, -0.15) is 22.0 Å². The largest absolute Gasteiger partial charge is 0.485 e. The molecule has 2 nitrogen and oxygen atoms in total. The number of aromatic nitrogens is 1. The molecule has 0 aliphatic heterocycles. The standard InChI is InChI=1S/C8H5F5NO/c9-7(10,8(11,12)13)5-15-6-2-1-3-14-4-6/h1-3H,5H2. The van der Waals surface area contributed by atoms with Gasteiger partial charge >= 0.3 is 12.1 Å². The van der Waals surface area contributed by atoms with Gasteiger partial charge in [-0.05, 0) is 12.1 Å². The van der Waals surface area contributed by atoms with Gasteiger partial charge in [0.1, 0.15) is 11.9 Å². The lowest BCUT2D eigenvalue weighted by atomic mass is 10.3. The zero-order valence-electron chi connectivity index (χ0n) is 7.18. The van der Waals surface area contributed by atoms with E-state index in [9.17, 15) is 22.0 Å². The molecule has 1 rings (SSSR count). The smallest absolute Gasteiger partial charge is 0.456 e. The van der Waals surface area contributed by atoms with E-state index in [1.807, 2.05) is 0 Å². The summed E-state index contributed by atoms with van der Waals surface area (Å²) in [5.41, 5.74) is 0. The zero-order chi connectivity index (χ0) is 11.5. The second kappa shape index (κ2) is 4.00. The molecule has 0 aliphatic carbocycles. The Balaban J connectivity index is 2.58. The summed E-state index contributed by atoms with van der Waals surface area (Å²) in [6, 6.07) is 2.51. The predicted octanol–water partition coefficient (Wildman–Crippen LogP) is 2.46. The van der Waals surface area contributed by atoms with Crippen molar-refractivity contribution in [1.82, 2.24) is 4.98 Å². The quantitative estimate of drug-likeness (QED) is 0.738. The molecule has 0 fully saturated rings. The number of hydrogen-bond acceptors (Lipinski definition) is 2. The van der Waals surface area contributed by atoms with E-state index in [4.69, 9.17) is 0 Å². The fourth-order valence-corrected chi connectivity index (χ4v) is 0.642. The van der Waals surface area contributed by atoms with Crippen molar-refractivity contribution in [2.75, 3.05) is 6.61 Å². The molecule has 0 saturated carbocycles. The summed E-state index contributed by atoms with van der Waals surface area (Å²) in [4.78, 5) is 3.37. The number of rotatable bonds is 3. The first-order chi connectivity index (χ1) is 6.83. The highest BCUT2D eigenvalue weighted by atomic mass is 19.4. The monoisotopic (exact) mass is 226 g/mol. The number of nitrogens with zero attached hydrogens (tertiary/aromatic N) is 1. The lowest BCUT2D eigenvalue weighted by Crippen LogP contribution is -2.41. The van der Waals surface area contributed by atoms with Crippen LogP contribution >= 0.6 is 0 Å². The van der Waals surface area contributed by atoms with Crippen molar-refractivity contribution in [3.05, 3.63) is 24.5 Å². The van der Waals surface area contributed by atoms with Crippen molar-refractivity contribution >= 4 is 0 Å². The third-order valence-electron chi connectivity index (χ3n) is 1.41. The third kappa shape index (κ3) is 3.03. The van der Waals surface area contributed by atoms with Gasteiger partial charge in [-0.15, -0.1) is 0 Å². The first kappa shape index (κ1) is 11.7. The lowest BCUT2D eigenvalue weighted by molar-refractivity contribution is -0.290. The van der Waals surface area contributed by atoms with E-state index in [1.165, 1.54) is 18.3 Å². The Labute approximate surface area is 81.7 Å². The van der Waals surface area contributed by atoms with Gasteiger partial charge in [0.15, 0.2) is 6.61 Å². The normalized spacial score (nSPS) is 12.6. The third-order valence-corrected chi connectivity index (χ3v) is 1.41. The van der Waals surface area contributed by atoms with Crippen molar-refractivity contribution in [1.29, 1.82) is 0 Å². The highest BCUT2D eigenvalue weighted by Crippen LogP contribution is 2.35. The fourth-order valence-electron chi connectivity index (χ4n) is 0.642. The van der Waals surface area contributed by atoms with Crippen LogP contribution in [-0.2, 0) is 0 Å². The molecule has 0 saturated heterocycles. The van der Waals surface area contributed by atoms with Crippen molar-refractivity contribution in [2.45, 2.75) is 12.1 Å². The molecule has 0 aliphatic rings. The Morgan fingerprint density at radius 3 is 2.40 bits per heavy atom. The van der Waals surface area contributed by atoms with Gasteiger partial charge in [-0.25, -0.2) is 0 Å². The minimum absolute atomic E-state index is 0.263. The minimum Gasteiger partial charge on any atom is -0.485 e. The van der Waals surface area contributed by atoms with Crippen molar-refractivity contribution < 1.29 is 26.7 Å². The Morgan fingerprint density at radius 2 is 1.93 bits per heavy atom. The van der Waals surface area contributed by atoms with Crippen LogP contribution in [0, 0.1) is 6.20 Å². The molecule has 0 N–H and O–H groups in total. The van der Waals surface area contributed by atoms with Gasteiger partial charge in [-0.3, -0.25) is 4.98 Å². The Kier molecular flexibility index (Phi) is 3.11. The number of hydrogen-bond donors (Lipinski definition) is 0. The molecule has 1 radical (unpaired) electrons. The molecular weight excluding hydrogens is 221 g/mol. The first-order valence-electron chi connectivity index (χ1n) is 3.73. The van der Waals surface area contributed by atoms with Crippen LogP contribution in [-0.4, -0.2) is 23.7 Å². The maximum absolute atomic E-state index is 12.3. The first-order valence-corrected chi connectivity index (χ1v) is 3.73. The number of alkyl halides is 5. The molecule has 0 amide bonds. The maximum atomic E-state index is 12.3. The molecule has 1 aromatic heterocycles. The van der Waals surface area contributed by atoms with Gasteiger partial charge in [0.25, 0.3) is 0 Å². The van der Waals surface area contributed by atoms with E-state index in [1.54, 1.807) is 0 Å². The molecule has 83 valence electrons. The van der Waals surface area contributed by atoms with Crippen LogP contribution in [0.1, 0.15) is 0 Å². The molecule has 1 aromatic rings. The van der Waals surface area contributed by atoms with Crippen LogP contribution < -0.4 is 4.74 Å². The molecule has 0 unspecified atom stereocenters. The summed E-state index contributed by atoms with van der Waals surface area (Å²) in [6.07, 6.45) is -2.21. The summed E-state index contributed by atoms with van der Waals surface area (Å²) in [5, 5.41) is 0. The van der Waals surface area contributed by atoms with Crippen LogP contribution in [0.4, 0.5) is 22.0 Å². The molecule has 0 aromatic carbocycles. The molecule has 0 atom stereocenters. The summed E-state index contributed by atoms with van der Waals surface area (Å²) in [6.45, 7) is -1.78. The van der Waals surface area contributed by atoms with Gasteiger partial charge in [0, 0.05) is 6.20 Å². The topological polar surface area (TPSA) is 22.1 Å². The van der Waals surface area contributed by atoms with Crippen molar-refractivity contribution in [3.63, 3.8) is 0 Å². The highest BCUT2D eigenvalue weighted by molar-refractivity contribution is 5.14. The van der Waals surface area contributed by atoms with E-state index >= 15 is 0 Å². The van der Waals surface area contributed by atoms with Crippen LogP contribution in [0.25, 0.3) is 0 Å². The molecule has 1 heterocycles. The van der Waals surface area contributed by atoms with Crippen molar-refractivity contribution in [2.24, 2.45) is 0 Å². The Bertz CT molecular complexity index is 311. The summed E-state index contributed by atoms with van der Waals surface area (Å²) in [5.74, 6) is -5.14. The Hall–Kier alpha value is -1.40. The number of pyridine rings is 1. The van der Waals surface area contributed by atoms with Gasteiger partial charge in [0.2, 0.25) is 0 Å². The van der Waals surface area contributed by atoms with E-state index in [0.717, 1.165) is 0 Å². The van der Waals surface area contributed by atoms with Crippen LogP contribution in [0.2, 0.25) is 0 Å². The molecule has 7 heteroatoms. The van der Waals surface area contributed by atoms with Crippen LogP contribution in [0.15, 0.2) is 18.3 Å². The predicted molar refractivity (Wildman–Crippen MR) is 39.6 cm³/mol. The minimum atomic E-state index is -5.62. The SMILES string of the molecule is FC(F)(F)C(F)(F)COc1[c]nccc1. The fraction of sp³-hybridized carbons (Fsp3) is 0.375. The Morgan fingerprint density at radius 1 is 1.27 bits per heavy atom. The van der Waals surface area contributed by atoms with Crippen LogP contribution in [0.3, 0.4) is 0 Å². The van der Waals surface area contributed by atoms with E-state index in [0.29, 0.717) is 0 Å². The van der Waals surface area contributed by atoms with Crippen LogP contribution in [0.5, 0.6) is 5.75 Å². The second-order valence-corrected chi connectivity index (χ2v) is 2.60.